The van der Waals surface area contributed by atoms with E-state index in [1.165, 1.54) is 0 Å². The smallest absolute Gasteiger partial charge is 0.171 e. The molecule has 0 aliphatic rings. The summed E-state index contributed by atoms with van der Waals surface area (Å²) in [7, 11) is 0. The fourth-order valence-electron chi connectivity index (χ4n) is 2.07. The van der Waals surface area contributed by atoms with Crippen LogP contribution in [-0.2, 0) is 6.54 Å². The topological polar surface area (TPSA) is 41.9 Å². The van der Waals surface area contributed by atoms with Gasteiger partial charge >= 0.3 is 0 Å². The van der Waals surface area contributed by atoms with Gasteiger partial charge in [-0.05, 0) is 48.1 Å². The lowest BCUT2D eigenvalue weighted by Crippen LogP contribution is -2.27. The van der Waals surface area contributed by atoms with Crippen molar-refractivity contribution in [1.82, 2.24) is 15.1 Å². The Kier molecular flexibility index (Phi) is 4.46. The Bertz CT molecular complexity index is 721. The molecule has 0 aliphatic heterocycles. The Labute approximate surface area is 134 Å². The maximum atomic E-state index is 5.29. The number of hydrogen-bond donors (Lipinski definition) is 2. The van der Waals surface area contributed by atoms with Crippen LogP contribution in [-0.4, -0.2) is 14.9 Å². The summed E-state index contributed by atoms with van der Waals surface area (Å²) in [5, 5.41) is 11.2. The normalized spacial score (nSPS) is 10.2. The molecule has 0 saturated carbocycles. The van der Waals surface area contributed by atoms with E-state index in [4.69, 9.17) is 12.2 Å². The van der Waals surface area contributed by atoms with Crippen LogP contribution >= 0.6 is 12.2 Å². The second-order valence-corrected chi connectivity index (χ2v) is 5.20. The monoisotopic (exact) mass is 308 g/mol. The molecule has 110 valence electrons. The lowest BCUT2D eigenvalue weighted by atomic mass is 10.2. The minimum atomic E-state index is 0.613. The summed E-state index contributed by atoms with van der Waals surface area (Å²) in [4.78, 5) is 0. The van der Waals surface area contributed by atoms with Gasteiger partial charge in [-0.1, -0.05) is 30.3 Å². The van der Waals surface area contributed by atoms with Crippen LogP contribution in [0.25, 0.3) is 5.69 Å². The van der Waals surface area contributed by atoms with Crippen molar-refractivity contribution >= 4 is 23.0 Å². The number of para-hydroxylation sites is 1. The molecule has 22 heavy (non-hydrogen) atoms. The molecule has 3 aromatic rings. The highest BCUT2D eigenvalue weighted by Gasteiger charge is 1.99. The Morgan fingerprint density at radius 2 is 1.77 bits per heavy atom. The number of thiocarbonyl (C=S) groups is 1. The van der Waals surface area contributed by atoms with Crippen LogP contribution in [0.1, 0.15) is 5.56 Å². The van der Waals surface area contributed by atoms with Crippen LogP contribution in [0.5, 0.6) is 0 Å². The van der Waals surface area contributed by atoms with Gasteiger partial charge < -0.3 is 10.6 Å². The molecule has 0 fully saturated rings. The number of aromatic nitrogens is 2. The van der Waals surface area contributed by atoms with E-state index in [1.54, 1.807) is 6.20 Å². The Morgan fingerprint density at radius 3 is 2.45 bits per heavy atom. The van der Waals surface area contributed by atoms with Gasteiger partial charge in [0.2, 0.25) is 0 Å². The second kappa shape index (κ2) is 6.87. The predicted molar refractivity (Wildman–Crippen MR) is 93.1 cm³/mol. The van der Waals surface area contributed by atoms with Crippen molar-refractivity contribution in [3.8, 4) is 5.69 Å². The average molecular weight is 308 g/mol. The number of rotatable bonds is 4. The molecular formula is C17H16N4S. The third-order valence-corrected chi connectivity index (χ3v) is 3.44. The fourth-order valence-corrected chi connectivity index (χ4v) is 2.26. The second-order valence-electron chi connectivity index (χ2n) is 4.79. The zero-order valence-electron chi connectivity index (χ0n) is 11.9. The summed E-state index contributed by atoms with van der Waals surface area (Å²) in [6.45, 7) is 0.679. The van der Waals surface area contributed by atoms with Crippen LogP contribution in [0.4, 0.5) is 5.69 Å². The van der Waals surface area contributed by atoms with Crippen molar-refractivity contribution in [2.75, 3.05) is 5.32 Å². The number of benzene rings is 2. The van der Waals surface area contributed by atoms with Gasteiger partial charge in [-0.25, -0.2) is 4.68 Å². The molecule has 2 N–H and O–H groups in total. The van der Waals surface area contributed by atoms with E-state index in [-0.39, 0.29) is 0 Å². The highest BCUT2D eigenvalue weighted by Crippen LogP contribution is 2.09. The van der Waals surface area contributed by atoms with E-state index >= 15 is 0 Å². The summed E-state index contributed by atoms with van der Waals surface area (Å²) in [6, 6.07) is 20.0. The minimum absolute atomic E-state index is 0.613. The first-order chi connectivity index (χ1) is 10.8. The molecule has 0 spiro atoms. The van der Waals surface area contributed by atoms with Gasteiger partial charge in [0.25, 0.3) is 0 Å². The maximum absolute atomic E-state index is 5.29. The number of hydrogen-bond acceptors (Lipinski definition) is 2. The molecular weight excluding hydrogens is 292 g/mol. The van der Waals surface area contributed by atoms with Crippen molar-refractivity contribution in [2.24, 2.45) is 0 Å². The first kappa shape index (κ1) is 14.3. The van der Waals surface area contributed by atoms with Crippen molar-refractivity contribution < 1.29 is 0 Å². The number of nitrogens with one attached hydrogen (secondary N) is 2. The van der Waals surface area contributed by atoms with Crippen molar-refractivity contribution in [2.45, 2.75) is 6.54 Å². The van der Waals surface area contributed by atoms with Crippen LogP contribution in [0.15, 0.2) is 73.1 Å². The van der Waals surface area contributed by atoms with Gasteiger partial charge in [0.05, 0.1) is 5.69 Å². The number of nitrogens with zero attached hydrogens (tertiary/aromatic N) is 2. The molecule has 5 heteroatoms. The highest BCUT2D eigenvalue weighted by atomic mass is 32.1. The third kappa shape index (κ3) is 3.71. The van der Waals surface area contributed by atoms with E-state index in [0.29, 0.717) is 11.7 Å². The van der Waals surface area contributed by atoms with E-state index in [2.05, 4.69) is 27.9 Å². The minimum Gasteiger partial charge on any atom is -0.358 e. The summed E-state index contributed by atoms with van der Waals surface area (Å²) in [6.07, 6.45) is 3.69. The van der Waals surface area contributed by atoms with Gasteiger partial charge in [0.1, 0.15) is 0 Å². The molecule has 4 nitrogen and oxygen atoms in total. The number of anilines is 1. The van der Waals surface area contributed by atoms with E-state index in [9.17, 15) is 0 Å². The Hall–Kier alpha value is -2.66. The zero-order chi connectivity index (χ0) is 15.2. The summed E-state index contributed by atoms with van der Waals surface area (Å²) in [5.41, 5.74) is 3.18. The lowest BCUT2D eigenvalue weighted by molar-refractivity contribution is 0.874. The largest absolute Gasteiger partial charge is 0.358 e. The van der Waals surface area contributed by atoms with Crippen molar-refractivity contribution in [3.63, 3.8) is 0 Å². The summed E-state index contributed by atoms with van der Waals surface area (Å²) in [5.74, 6) is 0. The SMILES string of the molecule is S=C(NCc1ccc(-n2cccn2)cc1)Nc1ccccc1. The van der Waals surface area contributed by atoms with Gasteiger partial charge in [-0.2, -0.15) is 5.10 Å². The first-order valence-corrected chi connectivity index (χ1v) is 7.41. The summed E-state index contributed by atoms with van der Waals surface area (Å²) < 4.78 is 1.83. The standard InChI is InChI=1S/C17H16N4S/c22-17(20-15-5-2-1-3-6-15)18-13-14-7-9-16(10-8-14)21-12-4-11-19-21/h1-12H,13H2,(H2,18,20,22). The van der Waals surface area contributed by atoms with E-state index in [1.807, 2.05) is 59.4 Å². The molecule has 0 unspecified atom stereocenters. The van der Waals surface area contributed by atoms with Crippen molar-refractivity contribution in [1.29, 1.82) is 0 Å². The summed E-state index contributed by atoms with van der Waals surface area (Å²) >= 11 is 5.29. The molecule has 0 bridgehead atoms. The molecule has 2 aromatic carbocycles. The van der Waals surface area contributed by atoms with Gasteiger partial charge in [-0.15, -0.1) is 0 Å². The van der Waals surface area contributed by atoms with E-state index < -0.39 is 0 Å². The zero-order valence-corrected chi connectivity index (χ0v) is 12.8. The molecule has 3 rings (SSSR count). The molecule has 0 amide bonds. The molecule has 0 atom stereocenters. The van der Waals surface area contributed by atoms with Gasteiger partial charge in [-0.3, -0.25) is 0 Å². The van der Waals surface area contributed by atoms with Crippen molar-refractivity contribution in [3.05, 3.63) is 78.6 Å². The van der Waals surface area contributed by atoms with Gasteiger partial charge in [0, 0.05) is 24.6 Å². The quantitative estimate of drug-likeness (QED) is 0.725. The van der Waals surface area contributed by atoms with Crippen LogP contribution < -0.4 is 10.6 Å². The molecule has 0 radical (unpaired) electrons. The van der Waals surface area contributed by atoms with Gasteiger partial charge in [0.15, 0.2) is 5.11 Å². The lowest BCUT2D eigenvalue weighted by Gasteiger charge is -2.11. The molecule has 1 aromatic heterocycles. The van der Waals surface area contributed by atoms with Crippen LogP contribution in [0.2, 0.25) is 0 Å². The third-order valence-electron chi connectivity index (χ3n) is 3.19. The van der Waals surface area contributed by atoms with Crippen LogP contribution in [0.3, 0.4) is 0 Å². The molecule has 0 saturated heterocycles. The first-order valence-electron chi connectivity index (χ1n) is 7.00. The average Bonchev–Trinajstić information content (AvgIpc) is 3.09. The Morgan fingerprint density at radius 1 is 1.00 bits per heavy atom. The van der Waals surface area contributed by atoms with Crippen LogP contribution in [0, 0.1) is 0 Å². The molecule has 1 heterocycles. The fraction of sp³-hybridized carbons (Fsp3) is 0.0588. The molecule has 0 aliphatic carbocycles. The predicted octanol–water partition coefficient (Wildman–Crippen LogP) is 3.36. The maximum Gasteiger partial charge on any atom is 0.171 e. The Balaban J connectivity index is 1.54. The highest BCUT2D eigenvalue weighted by molar-refractivity contribution is 7.80. The van der Waals surface area contributed by atoms with E-state index in [0.717, 1.165) is 16.9 Å².